The average molecular weight is 321 g/mol. The van der Waals surface area contributed by atoms with Gasteiger partial charge in [-0.3, -0.25) is 9.59 Å². The van der Waals surface area contributed by atoms with Crippen molar-refractivity contribution in [1.82, 2.24) is 10.6 Å². The number of benzene rings is 1. The van der Waals surface area contributed by atoms with Crippen molar-refractivity contribution in [3.8, 4) is 0 Å². The molecule has 0 saturated carbocycles. The quantitative estimate of drug-likeness (QED) is 0.565. The van der Waals surface area contributed by atoms with Crippen LogP contribution in [0.25, 0.3) is 0 Å². The Morgan fingerprint density at radius 1 is 1.17 bits per heavy atom. The van der Waals surface area contributed by atoms with Gasteiger partial charge >= 0.3 is 5.97 Å². The number of nitrogens with one attached hydrogen (secondary N) is 2. The van der Waals surface area contributed by atoms with E-state index in [4.69, 9.17) is 5.73 Å². The smallest absolute Gasteiger partial charge is 0.326 e. The summed E-state index contributed by atoms with van der Waals surface area (Å²) in [4.78, 5) is 35.2. The molecule has 0 fully saturated rings. The van der Waals surface area contributed by atoms with Gasteiger partial charge in [0.15, 0.2) is 0 Å². The lowest BCUT2D eigenvalue weighted by molar-refractivity contribution is -0.142. The molecule has 0 aliphatic heterocycles. The first-order valence-electron chi connectivity index (χ1n) is 7.28. The fourth-order valence-corrected chi connectivity index (χ4v) is 1.79. The molecule has 1 aromatic carbocycles. The van der Waals surface area contributed by atoms with Crippen molar-refractivity contribution in [3.63, 3.8) is 0 Å². The van der Waals surface area contributed by atoms with Crippen LogP contribution >= 0.6 is 0 Å². The lowest BCUT2D eigenvalue weighted by atomic mass is 10.0. The second-order valence-corrected chi connectivity index (χ2v) is 6.01. The molecule has 2 amide bonds. The molecule has 0 aliphatic rings. The summed E-state index contributed by atoms with van der Waals surface area (Å²) in [6.45, 7) is 4.51. The predicted molar refractivity (Wildman–Crippen MR) is 85.6 cm³/mol. The molecule has 126 valence electrons. The van der Waals surface area contributed by atoms with E-state index in [2.05, 4.69) is 10.6 Å². The highest BCUT2D eigenvalue weighted by atomic mass is 16.4. The Bertz CT molecular complexity index is 566. The third-order valence-electron chi connectivity index (χ3n) is 3.22. The second kappa shape index (κ2) is 7.73. The molecule has 0 saturated heterocycles. The molecule has 5 N–H and O–H groups in total. The summed E-state index contributed by atoms with van der Waals surface area (Å²) in [6, 6.07) is 7.02. The van der Waals surface area contributed by atoms with Crippen molar-refractivity contribution in [2.75, 3.05) is 0 Å². The predicted octanol–water partition coefficient (Wildman–Crippen LogP) is 0.0405. The molecule has 7 nitrogen and oxygen atoms in total. The molecule has 0 bridgehead atoms. The molecule has 1 aromatic rings. The van der Waals surface area contributed by atoms with Crippen LogP contribution in [0.3, 0.4) is 0 Å². The number of rotatable bonds is 7. The van der Waals surface area contributed by atoms with Gasteiger partial charge in [-0.1, -0.05) is 30.3 Å². The fraction of sp³-hybridized carbons (Fsp3) is 0.438. The number of hydrogen-bond donors (Lipinski definition) is 4. The molecule has 0 unspecified atom stereocenters. The van der Waals surface area contributed by atoms with E-state index in [0.29, 0.717) is 0 Å². The van der Waals surface area contributed by atoms with E-state index in [1.54, 1.807) is 24.3 Å². The Morgan fingerprint density at radius 2 is 1.74 bits per heavy atom. The minimum atomic E-state index is -1.14. The molecule has 23 heavy (non-hydrogen) atoms. The van der Waals surface area contributed by atoms with Crippen molar-refractivity contribution in [2.24, 2.45) is 5.73 Å². The molecule has 0 heterocycles. The number of amides is 2. The number of hydrogen-bond acceptors (Lipinski definition) is 4. The highest BCUT2D eigenvalue weighted by Crippen LogP contribution is 2.04. The third kappa shape index (κ3) is 6.07. The number of carboxylic acid groups (broad SMARTS) is 1. The van der Waals surface area contributed by atoms with Gasteiger partial charge < -0.3 is 21.5 Å². The Morgan fingerprint density at radius 3 is 2.22 bits per heavy atom. The second-order valence-electron chi connectivity index (χ2n) is 6.01. The molecular formula is C16H23N3O4. The van der Waals surface area contributed by atoms with Crippen molar-refractivity contribution in [3.05, 3.63) is 35.9 Å². The number of carboxylic acids is 1. The van der Waals surface area contributed by atoms with Crippen LogP contribution < -0.4 is 16.4 Å². The van der Waals surface area contributed by atoms with Gasteiger partial charge in [-0.2, -0.15) is 0 Å². The van der Waals surface area contributed by atoms with Gasteiger partial charge in [0.05, 0.1) is 5.54 Å². The van der Waals surface area contributed by atoms with Crippen LogP contribution in [0.5, 0.6) is 0 Å². The third-order valence-corrected chi connectivity index (χ3v) is 3.22. The van der Waals surface area contributed by atoms with Crippen LogP contribution in [0.4, 0.5) is 0 Å². The Kier molecular flexibility index (Phi) is 6.27. The number of carbonyl (C=O) groups is 3. The summed E-state index contributed by atoms with van der Waals surface area (Å²) < 4.78 is 0. The van der Waals surface area contributed by atoms with Gasteiger partial charge in [0.2, 0.25) is 11.8 Å². The summed E-state index contributed by atoms with van der Waals surface area (Å²) >= 11 is 0. The minimum Gasteiger partial charge on any atom is -0.480 e. The lowest BCUT2D eigenvalue weighted by Crippen LogP contribution is -2.56. The first kappa shape index (κ1) is 18.6. The number of nitrogens with two attached hydrogens (primary N) is 1. The fourth-order valence-electron chi connectivity index (χ4n) is 1.79. The first-order chi connectivity index (χ1) is 10.6. The van der Waals surface area contributed by atoms with E-state index in [9.17, 15) is 19.5 Å². The Hall–Kier alpha value is -2.41. The first-order valence-corrected chi connectivity index (χ1v) is 7.28. The van der Waals surface area contributed by atoms with Gasteiger partial charge in [0.1, 0.15) is 12.1 Å². The van der Waals surface area contributed by atoms with Crippen molar-refractivity contribution in [1.29, 1.82) is 0 Å². The molecule has 1 rings (SSSR count). The van der Waals surface area contributed by atoms with Crippen LogP contribution in [0, 0.1) is 0 Å². The maximum absolute atomic E-state index is 12.1. The normalized spacial score (nSPS) is 13.7. The van der Waals surface area contributed by atoms with Crippen molar-refractivity contribution >= 4 is 17.8 Å². The molecular weight excluding hydrogens is 298 g/mol. The Labute approximate surface area is 135 Å². The molecule has 0 spiro atoms. The number of aliphatic carboxylic acids is 1. The standard InChI is InChI=1S/C16H23N3O4/c1-10(18-15(23)16(2,3)17)13(20)19-12(14(21)22)9-11-7-5-4-6-8-11/h4-8,10,12H,9,17H2,1-3H3,(H,18,23)(H,19,20)(H,21,22)/t10-,12-/m0/s1. The van der Waals surface area contributed by atoms with Gasteiger partial charge in [-0.25, -0.2) is 4.79 Å². The molecule has 0 radical (unpaired) electrons. The van der Waals surface area contributed by atoms with Gasteiger partial charge in [-0.15, -0.1) is 0 Å². The van der Waals surface area contributed by atoms with Gasteiger partial charge in [0, 0.05) is 6.42 Å². The van der Waals surface area contributed by atoms with E-state index in [1.165, 1.54) is 20.8 Å². The highest BCUT2D eigenvalue weighted by molar-refractivity contribution is 5.92. The Balaban J connectivity index is 2.67. The highest BCUT2D eigenvalue weighted by Gasteiger charge is 2.28. The molecule has 2 atom stereocenters. The topological polar surface area (TPSA) is 122 Å². The zero-order valence-corrected chi connectivity index (χ0v) is 13.5. The van der Waals surface area contributed by atoms with E-state index in [0.717, 1.165) is 5.56 Å². The largest absolute Gasteiger partial charge is 0.480 e. The summed E-state index contributed by atoms with van der Waals surface area (Å²) in [5, 5.41) is 14.1. The lowest BCUT2D eigenvalue weighted by Gasteiger charge is -2.23. The van der Waals surface area contributed by atoms with E-state index in [-0.39, 0.29) is 6.42 Å². The van der Waals surface area contributed by atoms with Crippen LogP contribution in [0.2, 0.25) is 0 Å². The SMILES string of the molecule is C[C@H](NC(=O)C(C)(C)N)C(=O)N[C@@H](Cc1ccccc1)C(=O)O. The van der Waals surface area contributed by atoms with Crippen LogP contribution in [0.1, 0.15) is 26.3 Å². The zero-order chi connectivity index (χ0) is 17.6. The zero-order valence-electron chi connectivity index (χ0n) is 13.5. The summed E-state index contributed by atoms with van der Waals surface area (Å²) in [6.07, 6.45) is 0.158. The van der Waals surface area contributed by atoms with Gasteiger partial charge in [0.25, 0.3) is 0 Å². The van der Waals surface area contributed by atoms with E-state index in [1.807, 2.05) is 6.07 Å². The monoisotopic (exact) mass is 321 g/mol. The summed E-state index contributed by atoms with van der Waals surface area (Å²) in [5.74, 6) is -2.21. The maximum Gasteiger partial charge on any atom is 0.326 e. The van der Waals surface area contributed by atoms with Crippen LogP contribution in [0.15, 0.2) is 30.3 Å². The number of carbonyl (C=O) groups excluding carboxylic acids is 2. The van der Waals surface area contributed by atoms with Crippen molar-refractivity contribution < 1.29 is 19.5 Å². The average Bonchev–Trinajstić information content (AvgIpc) is 2.46. The molecule has 0 aliphatic carbocycles. The van der Waals surface area contributed by atoms with Crippen LogP contribution in [-0.4, -0.2) is 40.5 Å². The van der Waals surface area contributed by atoms with Gasteiger partial charge in [-0.05, 0) is 26.3 Å². The summed E-state index contributed by atoms with van der Waals surface area (Å²) in [5.41, 5.74) is 5.31. The summed E-state index contributed by atoms with van der Waals surface area (Å²) in [7, 11) is 0. The minimum absolute atomic E-state index is 0.158. The maximum atomic E-state index is 12.1. The van der Waals surface area contributed by atoms with Crippen LogP contribution in [-0.2, 0) is 20.8 Å². The van der Waals surface area contributed by atoms with E-state index < -0.39 is 35.4 Å². The van der Waals surface area contributed by atoms with E-state index >= 15 is 0 Å². The molecule has 0 aromatic heterocycles. The molecule has 7 heteroatoms. The van der Waals surface area contributed by atoms with Crippen molar-refractivity contribution in [2.45, 2.75) is 44.8 Å².